The van der Waals surface area contributed by atoms with Gasteiger partial charge in [-0.2, -0.15) is 13.2 Å². The number of rotatable bonds is 6. The molecule has 0 aliphatic carbocycles. The highest BCUT2D eigenvalue weighted by Crippen LogP contribution is 2.28. The lowest BCUT2D eigenvalue weighted by Gasteiger charge is -2.15. The summed E-state index contributed by atoms with van der Waals surface area (Å²) in [5.41, 5.74) is -0.177. The highest BCUT2D eigenvalue weighted by atomic mass is 35.5. The number of para-hydroxylation sites is 2. The number of sulfonamides is 1. The van der Waals surface area contributed by atoms with Gasteiger partial charge in [0.15, 0.2) is 6.61 Å². The third-order valence-corrected chi connectivity index (χ3v) is 5.63. The normalized spacial score (nSPS) is 12.1. The van der Waals surface area contributed by atoms with E-state index in [1.54, 1.807) is 0 Å². The number of carbonyl (C=O) groups is 1. The number of benzene rings is 2. The van der Waals surface area contributed by atoms with Gasteiger partial charge in [0, 0.05) is 14.1 Å². The van der Waals surface area contributed by atoms with Gasteiger partial charge in [0.25, 0.3) is 5.91 Å². The zero-order valence-corrected chi connectivity index (χ0v) is 16.3. The van der Waals surface area contributed by atoms with Crippen molar-refractivity contribution in [3.63, 3.8) is 0 Å². The van der Waals surface area contributed by atoms with E-state index >= 15 is 0 Å². The van der Waals surface area contributed by atoms with Gasteiger partial charge in [-0.3, -0.25) is 4.79 Å². The lowest BCUT2D eigenvalue weighted by atomic mass is 10.2. The Morgan fingerprint density at radius 1 is 1.18 bits per heavy atom. The van der Waals surface area contributed by atoms with Crippen LogP contribution in [0.5, 0.6) is 5.75 Å². The van der Waals surface area contributed by atoms with Crippen molar-refractivity contribution in [1.29, 1.82) is 0 Å². The summed E-state index contributed by atoms with van der Waals surface area (Å²) in [5, 5.41) is 2.36. The molecular weight excluding hydrogens is 421 g/mol. The first-order valence-electron chi connectivity index (χ1n) is 7.74. The molecule has 0 atom stereocenters. The summed E-state index contributed by atoms with van der Waals surface area (Å²) < 4.78 is 67.3. The Labute approximate surface area is 164 Å². The summed E-state index contributed by atoms with van der Waals surface area (Å²) in [6.07, 6.45) is -4.55. The number of amides is 1. The van der Waals surface area contributed by atoms with Crippen molar-refractivity contribution in [2.45, 2.75) is 11.1 Å². The Hall–Kier alpha value is -2.30. The zero-order valence-electron chi connectivity index (χ0n) is 14.7. The second-order valence-electron chi connectivity index (χ2n) is 5.78. The van der Waals surface area contributed by atoms with E-state index in [1.807, 2.05) is 0 Å². The molecule has 28 heavy (non-hydrogen) atoms. The summed E-state index contributed by atoms with van der Waals surface area (Å²) in [5.74, 6) is -0.995. The zero-order chi connectivity index (χ0) is 21.1. The van der Waals surface area contributed by atoms with Crippen LogP contribution in [-0.4, -0.2) is 45.5 Å². The van der Waals surface area contributed by atoms with E-state index in [1.165, 1.54) is 50.5 Å². The van der Waals surface area contributed by atoms with Crippen molar-refractivity contribution in [3.05, 3.63) is 53.1 Å². The van der Waals surface area contributed by atoms with Crippen LogP contribution in [0.1, 0.15) is 10.4 Å². The molecule has 1 N–H and O–H groups in total. The molecule has 0 aromatic heterocycles. The van der Waals surface area contributed by atoms with Gasteiger partial charge < -0.3 is 10.1 Å². The quantitative estimate of drug-likeness (QED) is 0.747. The fourth-order valence-corrected chi connectivity index (χ4v) is 3.23. The molecule has 0 bridgehead atoms. The molecule has 0 saturated heterocycles. The third-order valence-electron chi connectivity index (χ3n) is 3.49. The Kier molecular flexibility index (Phi) is 6.58. The number of carbonyl (C=O) groups excluding carboxylic acids is 1. The molecule has 6 nitrogen and oxygen atoms in total. The fourth-order valence-electron chi connectivity index (χ4n) is 2.09. The van der Waals surface area contributed by atoms with Gasteiger partial charge in [0.05, 0.1) is 21.2 Å². The SMILES string of the molecule is CN(C)S(=O)(=O)c1ccc(Cl)c(C(=O)Nc2ccccc2OCC(F)(F)F)c1. The minimum absolute atomic E-state index is 0.0197. The first-order chi connectivity index (χ1) is 12.9. The summed E-state index contributed by atoms with van der Waals surface area (Å²) in [6.45, 7) is -1.53. The molecule has 0 aliphatic rings. The van der Waals surface area contributed by atoms with Gasteiger partial charge in [-0.1, -0.05) is 23.7 Å². The van der Waals surface area contributed by atoms with Crippen molar-refractivity contribution in [1.82, 2.24) is 4.31 Å². The Bertz CT molecular complexity index is 979. The summed E-state index contributed by atoms with van der Waals surface area (Å²) in [6, 6.07) is 9.12. The molecule has 0 aliphatic heterocycles. The highest BCUT2D eigenvalue weighted by molar-refractivity contribution is 7.89. The molecule has 0 radical (unpaired) electrons. The second kappa shape index (κ2) is 8.38. The van der Waals surface area contributed by atoms with E-state index < -0.39 is 28.7 Å². The Balaban J connectivity index is 2.32. The number of ether oxygens (including phenoxy) is 1. The average Bonchev–Trinajstić information content (AvgIpc) is 2.60. The van der Waals surface area contributed by atoms with E-state index in [-0.39, 0.29) is 26.9 Å². The van der Waals surface area contributed by atoms with Gasteiger partial charge >= 0.3 is 6.18 Å². The van der Waals surface area contributed by atoms with Gasteiger partial charge in [0.1, 0.15) is 5.75 Å². The molecule has 152 valence electrons. The van der Waals surface area contributed by atoms with Crippen molar-refractivity contribution in [3.8, 4) is 5.75 Å². The minimum Gasteiger partial charge on any atom is -0.482 e. The summed E-state index contributed by atoms with van der Waals surface area (Å²) in [7, 11) is -1.15. The maximum absolute atomic E-state index is 12.6. The van der Waals surface area contributed by atoms with E-state index in [4.69, 9.17) is 16.3 Å². The first-order valence-corrected chi connectivity index (χ1v) is 9.55. The molecule has 0 heterocycles. The van der Waals surface area contributed by atoms with Crippen LogP contribution in [0.4, 0.5) is 18.9 Å². The molecule has 11 heteroatoms. The van der Waals surface area contributed by atoms with Gasteiger partial charge in [-0.05, 0) is 30.3 Å². The molecule has 0 saturated carbocycles. The van der Waals surface area contributed by atoms with E-state index in [0.29, 0.717) is 0 Å². The van der Waals surface area contributed by atoms with Gasteiger partial charge in [-0.15, -0.1) is 0 Å². The molecule has 0 spiro atoms. The number of nitrogens with zero attached hydrogens (tertiary/aromatic N) is 1. The van der Waals surface area contributed by atoms with Crippen molar-refractivity contribution >= 4 is 33.2 Å². The number of alkyl halides is 3. The summed E-state index contributed by atoms with van der Waals surface area (Å²) in [4.78, 5) is 12.4. The average molecular weight is 437 g/mol. The number of hydrogen-bond acceptors (Lipinski definition) is 4. The minimum atomic E-state index is -4.55. The van der Waals surface area contributed by atoms with Crippen LogP contribution in [0.15, 0.2) is 47.4 Å². The monoisotopic (exact) mass is 436 g/mol. The molecule has 0 fully saturated rings. The fraction of sp³-hybridized carbons (Fsp3) is 0.235. The lowest BCUT2D eigenvalue weighted by Crippen LogP contribution is -2.23. The molecule has 2 aromatic carbocycles. The Morgan fingerprint density at radius 3 is 2.43 bits per heavy atom. The lowest BCUT2D eigenvalue weighted by molar-refractivity contribution is -0.153. The number of halogens is 4. The number of anilines is 1. The van der Waals surface area contributed by atoms with E-state index in [9.17, 15) is 26.4 Å². The van der Waals surface area contributed by atoms with E-state index in [2.05, 4.69) is 5.32 Å². The summed E-state index contributed by atoms with van der Waals surface area (Å²) >= 11 is 6.00. The van der Waals surface area contributed by atoms with Gasteiger partial charge in [-0.25, -0.2) is 12.7 Å². The largest absolute Gasteiger partial charge is 0.482 e. The molecule has 0 unspecified atom stereocenters. The van der Waals surface area contributed by atoms with Crippen LogP contribution < -0.4 is 10.1 Å². The van der Waals surface area contributed by atoms with Crippen molar-refractivity contribution in [2.75, 3.05) is 26.0 Å². The number of nitrogens with one attached hydrogen (secondary N) is 1. The Morgan fingerprint density at radius 2 is 1.82 bits per heavy atom. The van der Waals surface area contributed by atoms with Crippen LogP contribution in [0.25, 0.3) is 0 Å². The maximum atomic E-state index is 12.6. The smallest absolute Gasteiger partial charge is 0.422 e. The standard InChI is InChI=1S/C17H16ClF3N2O4S/c1-23(2)28(25,26)11-7-8-13(18)12(9-11)16(24)22-14-5-3-4-6-15(14)27-10-17(19,20)21/h3-9H,10H2,1-2H3,(H,22,24). The van der Waals surface area contributed by atoms with Crippen LogP contribution in [0.2, 0.25) is 5.02 Å². The van der Waals surface area contributed by atoms with Crippen molar-refractivity contribution in [2.24, 2.45) is 0 Å². The number of hydrogen-bond donors (Lipinski definition) is 1. The maximum Gasteiger partial charge on any atom is 0.422 e. The predicted molar refractivity (Wildman–Crippen MR) is 98.3 cm³/mol. The molecule has 1 amide bonds. The molecule has 2 rings (SSSR count). The molecule has 2 aromatic rings. The third kappa shape index (κ3) is 5.37. The predicted octanol–water partition coefficient (Wildman–Crippen LogP) is 3.78. The first kappa shape index (κ1) is 22.0. The van der Waals surface area contributed by atoms with Gasteiger partial charge in [0.2, 0.25) is 10.0 Å². The highest BCUT2D eigenvalue weighted by Gasteiger charge is 2.29. The molecular formula is C17H16ClF3N2O4S. The van der Waals surface area contributed by atoms with Crippen molar-refractivity contribution < 1.29 is 31.1 Å². The second-order valence-corrected chi connectivity index (χ2v) is 8.34. The van der Waals surface area contributed by atoms with Crippen LogP contribution in [-0.2, 0) is 10.0 Å². The van der Waals surface area contributed by atoms with Crippen LogP contribution in [0.3, 0.4) is 0 Å². The van der Waals surface area contributed by atoms with Crippen LogP contribution >= 0.6 is 11.6 Å². The topological polar surface area (TPSA) is 75.7 Å². The van der Waals surface area contributed by atoms with Crippen LogP contribution in [0, 0.1) is 0 Å². The van der Waals surface area contributed by atoms with E-state index in [0.717, 1.165) is 10.4 Å².